The van der Waals surface area contributed by atoms with Gasteiger partial charge in [-0.1, -0.05) is 12.2 Å². The quantitative estimate of drug-likeness (QED) is 0.0459. The Kier molecular flexibility index (Phi) is 14.3. The summed E-state index contributed by atoms with van der Waals surface area (Å²) in [7, 11) is 3.04. The Morgan fingerprint density at radius 1 is 0.783 bits per heavy atom. The number of imide groups is 1. The highest BCUT2D eigenvalue weighted by molar-refractivity contribution is 6.13. The molecule has 69 heavy (non-hydrogen) atoms. The molecule has 7 amide bonds. The molecule has 0 saturated heterocycles. The highest BCUT2D eigenvalue weighted by atomic mass is 16.5. The maximum atomic E-state index is 13.8. The first-order valence-corrected chi connectivity index (χ1v) is 22.0. The molecule has 7 rings (SSSR count). The summed E-state index contributed by atoms with van der Waals surface area (Å²) in [5.74, 6) is -2.95. The molecule has 0 atom stereocenters. The predicted molar refractivity (Wildman–Crippen MR) is 252 cm³/mol. The molecule has 23 nitrogen and oxygen atoms in total. The fourth-order valence-corrected chi connectivity index (χ4v) is 7.86. The smallest absolute Gasteiger partial charge is 0.278 e. The van der Waals surface area contributed by atoms with Crippen LogP contribution in [0.5, 0.6) is 11.5 Å². The summed E-state index contributed by atoms with van der Waals surface area (Å²) < 4.78 is 18.6. The van der Waals surface area contributed by atoms with Crippen molar-refractivity contribution >= 4 is 75.3 Å². The van der Waals surface area contributed by atoms with Crippen LogP contribution >= 0.6 is 0 Å². The Morgan fingerprint density at radius 2 is 1.35 bits per heavy atom. The molecule has 360 valence electrons. The number of nitrogens with two attached hydrogens (primary N) is 2. The number of nitrogens with one attached hydrogen (secondary N) is 2. The lowest BCUT2D eigenvalue weighted by atomic mass is 10.1. The zero-order chi connectivity index (χ0) is 49.7. The van der Waals surface area contributed by atoms with Gasteiger partial charge in [0.1, 0.15) is 28.2 Å². The summed E-state index contributed by atoms with van der Waals surface area (Å²) >= 11 is 0. The van der Waals surface area contributed by atoms with Gasteiger partial charge in [0.15, 0.2) is 5.69 Å². The minimum atomic E-state index is -0.749. The summed E-state index contributed by atoms with van der Waals surface area (Å²) in [6, 6.07) is 7.61. The standard InChI is InChI=1S/C46H52N14O9/c1-7-59-27(4)20-32(54-59)43(66)52-45-51-31-22-29(42(48)65)24-34(69-19-11-15-55(5)35(61)14-18-56-36(62)12-13-37(56)63)40(31)58(45)17-10-9-16-57-39-30(21-28(41(47)64)23-33(39)68-6)50-46(57)53-44(67)38-26(3)25-49-60(38)8-2/h9-10,12-13,20-25H,7-8,11,14-19H2,1-6H3,(H2,47,64)(H2,48,65)(H,50,53,67)(H,51,52,66)/b10-9+. The van der Waals surface area contributed by atoms with Gasteiger partial charge in [0.25, 0.3) is 23.6 Å². The van der Waals surface area contributed by atoms with Crippen molar-refractivity contribution in [1.29, 1.82) is 0 Å². The van der Waals surface area contributed by atoms with E-state index in [2.05, 4.69) is 25.8 Å². The lowest BCUT2D eigenvalue weighted by Gasteiger charge is -2.19. The maximum Gasteiger partial charge on any atom is 0.278 e. The number of rotatable bonds is 21. The van der Waals surface area contributed by atoms with E-state index in [0.29, 0.717) is 47.3 Å². The minimum Gasteiger partial charge on any atom is -0.494 e. The van der Waals surface area contributed by atoms with E-state index in [4.69, 9.17) is 25.9 Å². The van der Waals surface area contributed by atoms with Crippen LogP contribution in [0.2, 0.25) is 0 Å². The molecule has 6 N–H and O–H groups in total. The van der Waals surface area contributed by atoms with Crippen LogP contribution in [0, 0.1) is 13.8 Å². The minimum absolute atomic E-state index is 0.0475. The Bertz CT molecular complexity index is 3080. The second-order valence-corrected chi connectivity index (χ2v) is 16.0. The zero-order valence-electron chi connectivity index (χ0n) is 38.9. The van der Waals surface area contributed by atoms with E-state index >= 15 is 0 Å². The van der Waals surface area contributed by atoms with Gasteiger partial charge in [-0.2, -0.15) is 10.2 Å². The number of amides is 7. The predicted octanol–water partition coefficient (Wildman–Crippen LogP) is 2.95. The second kappa shape index (κ2) is 20.5. The molecule has 0 saturated carbocycles. The van der Waals surface area contributed by atoms with E-state index in [0.717, 1.165) is 22.7 Å². The monoisotopic (exact) mass is 944 g/mol. The number of methoxy groups -OCH3 is 1. The number of aryl methyl sites for hydroxylation is 4. The Morgan fingerprint density at radius 3 is 1.90 bits per heavy atom. The van der Waals surface area contributed by atoms with Gasteiger partial charge in [-0.3, -0.25) is 58.5 Å². The number of ether oxygens (including phenoxy) is 2. The van der Waals surface area contributed by atoms with Gasteiger partial charge in [-0.15, -0.1) is 0 Å². The van der Waals surface area contributed by atoms with Crippen molar-refractivity contribution in [3.05, 3.63) is 94.6 Å². The van der Waals surface area contributed by atoms with Gasteiger partial charge in [0.05, 0.1) is 30.9 Å². The van der Waals surface area contributed by atoms with Crippen LogP contribution < -0.4 is 31.6 Å². The van der Waals surface area contributed by atoms with Crippen LogP contribution in [0.25, 0.3) is 22.1 Å². The van der Waals surface area contributed by atoms with Crippen LogP contribution in [0.1, 0.15) is 79.6 Å². The Balaban J connectivity index is 1.20. The van der Waals surface area contributed by atoms with Gasteiger partial charge in [-0.05, 0) is 70.0 Å². The number of imidazole rings is 2. The molecular weight excluding hydrogens is 893 g/mol. The first kappa shape index (κ1) is 48.3. The summed E-state index contributed by atoms with van der Waals surface area (Å²) in [6.45, 7) is 8.82. The van der Waals surface area contributed by atoms with E-state index in [-0.39, 0.29) is 90.8 Å². The third-order valence-corrected chi connectivity index (χ3v) is 11.4. The van der Waals surface area contributed by atoms with Crippen molar-refractivity contribution in [3.8, 4) is 11.5 Å². The molecule has 0 radical (unpaired) electrons. The summed E-state index contributed by atoms with van der Waals surface area (Å²) in [4.78, 5) is 101. The maximum absolute atomic E-state index is 13.8. The molecule has 1 aliphatic heterocycles. The molecule has 5 heterocycles. The summed E-state index contributed by atoms with van der Waals surface area (Å²) in [5, 5.41) is 14.5. The SMILES string of the molecule is CCn1nc(C(=O)Nc2nc3cc(C(N)=O)cc(OCCCN(C)C(=O)CCN4C(=O)C=CC4=O)c3n2C/C=C/Cn2c(NC(=O)c3c(C)cnn3CC)nc3cc(C(N)=O)cc(OC)c32)cc1C. The Labute approximate surface area is 394 Å². The zero-order valence-corrected chi connectivity index (χ0v) is 38.9. The van der Waals surface area contributed by atoms with E-state index < -0.39 is 35.4 Å². The van der Waals surface area contributed by atoms with Gasteiger partial charge in [-0.25, -0.2) is 9.97 Å². The number of anilines is 2. The van der Waals surface area contributed by atoms with Crippen LogP contribution in [-0.2, 0) is 40.6 Å². The lowest BCUT2D eigenvalue weighted by molar-refractivity contribution is -0.138. The topological polar surface area (TPSA) is 292 Å². The number of nitrogens with zero attached hydrogens (tertiary/aromatic N) is 10. The average molecular weight is 945 g/mol. The normalized spacial score (nSPS) is 12.5. The van der Waals surface area contributed by atoms with Crippen molar-refractivity contribution in [2.24, 2.45) is 11.5 Å². The molecule has 0 fully saturated rings. The van der Waals surface area contributed by atoms with E-state index in [1.54, 1.807) is 56.9 Å². The summed E-state index contributed by atoms with van der Waals surface area (Å²) in [6.07, 6.45) is 7.79. The number of carbonyl (C=O) groups excluding carboxylic acids is 7. The van der Waals surface area contributed by atoms with Gasteiger partial charge < -0.3 is 35.0 Å². The molecule has 0 bridgehead atoms. The third-order valence-electron chi connectivity index (χ3n) is 11.4. The molecule has 4 aromatic heterocycles. The fourth-order valence-electron chi connectivity index (χ4n) is 7.86. The first-order valence-electron chi connectivity index (χ1n) is 22.0. The number of hydrogen-bond acceptors (Lipinski definition) is 13. The van der Waals surface area contributed by atoms with Crippen molar-refractivity contribution in [3.63, 3.8) is 0 Å². The lowest BCUT2D eigenvalue weighted by Crippen LogP contribution is -2.36. The van der Waals surface area contributed by atoms with Crippen molar-refractivity contribution < 1.29 is 43.0 Å². The highest BCUT2D eigenvalue weighted by Crippen LogP contribution is 2.33. The van der Waals surface area contributed by atoms with Crippen LogP contribution in [0.3, 0.4) is 0 Å². The van der Waals surface area contributed by atoms with Crippen molar-refractivity contribution in [2.45, 2.75) is 66.7 Å². The van der Waals surface area contributed by atoms with Gasteiger partial charge in [0, 0.05) is 81.7 Å². The number of primary amides is 2. The van der Waals surface area contributed by atoms with Crippen LogP contribution in [-0.4, -0.2) is 124 Å². The number of benzene rings is 2. The molecule has 1 aliphatic rings. The van der Waals surface area contributed by atoms with Crippen molar-refractivity contribution in [2.75, 3.05) is 44.5 Å². The average Bonchev–Trinajstić information content (AvgIpc) is 4.14. The fraction of sp³-hybridized carbons (Fsp3) is 0.326. The second-order valence-electron chi connectivity index (χ2n) is 16.0. The third kappa shape index (κ3) is 10.2. The molecule has 0 unspecified atom stereocenters. The van der Waals surface area contributed by atoms with Crippen LogP contribution in [0.4, 0.5) is 11.9 Å². The van der Waals surface area contributed by atoms with Crippen LogP contribution in [0.15, 0.2) is 60.8 Å². The number of fused-ring (bicyclic) bond motifs is 2. The van der Waals surface area contributed by atoms with E-state index in [9.17, 15) is 33.6 Å². The molecular formula is C46H52N14O9. The number of allylic oxidation sites excluding steroid dienone is 2. The number of hydrogen-bond donors (Lipinski definition) is 4. The van der Waals surface area contributed by atoms with E-state index in [1.807, 2.05) is 20.8 Å². The largest absolute Gasteiger partial charge is 0.494 e. The van der Waals surface area contributed by atoms with Crippen molar-refractivity contribution in [1.82, 2.24) is 48.5 Å². The van der Waals surface area contributed by atoms with Gasteiger partial charge in [0.2, 0.25) is 29.6 Å². The first-order chi connectivity index (χ1) is 33.0. The Hall–Kier alpha value is -8.63. The molecule has 0 aliphatic carbocycles. The van der Waals surface area contributed by atoms with E-state index in [1.165, 1.54) is 36.3 Å². The molecule has 0 spiro atoms. The number of carbonyl (C=O) groups is 7. The van der Waals surface area contributed by atoms with Gasteiger partial charge >= 0.3 is 0 Å². The molecule has 2 aromatic carbocycles. The summed E-state index contributed by atoms with van der Waals surface area (Å²) in [5.41, 5.74) is 15.0. The highest BCUT2D eigenvalue weighted by Gasteiger charge is 2.26. The number of aromatic nitrogens is 8. The molecule has 6 aromatic rings. The molecule has 23 heteroatoms.